The van der Waals surface area contributed by atoms with E-state index >= 15 is 0 Å². The topological polar surface area (TPSA) is 84.9 Å². The van der Waals surface area contributed by atoms with Crippen LogP contribution in [0.2, 0.25) is 0 Å². The predicted molar refractivity (Wildman–Crippen MR) is 71.2 cm³/mol. The van der Waals surface area contributed by atoms with Gasteiger partial charge < -0.3 is 14.8 Å². The van der Waals surface area contributed by atoms with E-state index in [1.54, 1.807) is 32.0 Å². The zero-order valence-electron chi connectivity index (χ0n) is 11.6. The number of amides is 3. The average Bonchev–Trinajstić information content (AvgIpc) is 2.96. The largest absolute Gasteiger partial charge is 0.454 e. The molecule has 2 aliphatic rings. The van der Waals surface area contributed by atoms with Crippen LogP contribution >= 0.6 is 0 Å². The average molecular weight is 290 g/mol. The number of hydrogen-bond donors (Lipinski definition) is 1. The van der Waals surface area contributed by atoms with Gasteiger partial charge in [0.1, 0.15) is 5.54 Å². The number of imide groups is 1. The molecule has 21 heavy (non-hydrogen) atoms. The van der Waals surface area contributed by atoms with Gasteiger partial charge in [0.25, 0.3) is 5.91 Å². The second-order valence-corrected chi connectivity index (χ2v) is 5.44. The number of rotatable bonds is 3. The van der Waals surface area contributed by atoms with E-state index in [-0.39, 0.29) is 19.1 Å². The zero-order chi connectivity index (χ0) is 15.2. The predicted octanol–water partition coefficient (Wildman–Crippen LogP) is 0.928. The van der Waals surface area contributed by atoms with E-state index < -0.39 is 17.5 Å². The normalized spacial score (nSPS) is 18.9. The molecule has 1 saturated heterocycles. The Kier molecular flexibility index (Phi) is 2.86. The van der Waals surface area contributed by atoms with Crippen molar-refractivity contribution < 1.29 is 23.9 Å². The molecule has 7 nitrogen and oxygen atoms in total. The Bertz CT molecular complexity index is 653. The van der Waals surface area contributed by atoms with Gasteiger partial charge in [0.05, 0.1) is 6.54 Å². The molecular weight excluding hydrogens is 276 g/mol. The molecule has 0 atom stereocenters. The summed E-state index contributed by atoms with van der Waals surface area (Å²) in [6.45, 7) is 3.01. The first kappa shape index (κ1) is 13.4. The molecule has 2 aliphatic heterocycles. The molecule has 7 heteroatoms. The van der Waals surface area contributed by atoms with Gasteiger partial charge in [0.15, 0.2) is 17.3 Å². The van der Waals surface area contributed by atoms with Crippen molar-refractivity contribution >= 4 is 17.7 Å². The Labute approximate surface area is 120 Å². The quantitative estimate of drug-likeness (QED) is 0.661. The number of benzene rings is 1. The first-order chi connectivity index (χ1) is 9.88. The Morgan fingerprint density at radius 2 is 2.00 bits per heavy atom. The summed E-state index contributed by atoms with van der Waals surface area (Å²) in [5, 5.41) is 2.53. The molecule has 1 aromatic carbocycles. The lowest BCUT2D eigenvalue weighted by atomic mass is 10.1. The van der Waals surface area contributed by atoms with E-state index in [0.717, 1.165) is 4.90 Å². The van der Waals surface area contributed by atoms with Gasteiger partial charge in [-0.2, -0.15) is 0 Å². The van der Waals surface area contributed by atoms with Crippen molar-refractivity contribution in [2.75, 3.05) is 13.3 Å². The van der Waals surface area contributed by atoms with Crippen LogP contribution in [-0.4, -0.2) is 41.5 Å². The Morgan fingerprint density at radius 3 is 2.67 bits per heavy atom. The number of Topliss-reactive ketones (excluding diaryl/α,β-unsaturated/α-hetero) is 1. The molecule has 0 radical (unpaired) electrons. The summed E-state index contributed by atoms with van der Waals surface area (Å²) in [6, 6.07) is 4.21. The SMILES string of the molecule is CC1(C)NC(=O)N(CC(=O)c2ccc3c(c2)OCO3)C1=O. The molecule has 0 unspecified atom stereocenters. The lowest BCUT2D eigenvalue weighted by Gasteiger charge is -2.15. The van der Waals surface area contributed by atoms with Crippen LogP contribution in [0, 0.1) is 0 Å². The fourth-order valence-corrected chi connectivity index (χ4v) is 2.27. The molecule has 0 aromatic heterocycles. The van der Waals surface area contributed by atoms with Crippen LogP contribution in [0.4, 0.5) is 4.79 Å². The molecular formula is C14H14N2O5. The van der Waals surface area contributed by atoms with Crippen molar-refractivity contribution in [3.63, 3.8) is 0 Å². The number of nitrogens with one attached hydrogen (secondary N) is 1. The summed E-state index contributed by atoms with van der Waals surface area (Å²) in [5.74, 6) is 0.303. The third-order valence-corrected chi connectivity index (χ3v) is 3.44. The van der Waals surface area contributed by atoms with E-state index in [0.29, 0.717) is 17.1 Å². The van der Waals surface area contributed by atoms with E-state index in [2.05, 4.69) is 5.32 Å². The molecule has 0 bridgehead atoms. The van der Waals surface area contributed by atoms with Crippen LogP contribution in [0.15, 0.2) is 18.2 Å². The first-order valence-electron chi connectivity index (χ1n) is 6.45. The van der Waals surface area contributed by atoms with Crippen molar-refractivity contribution in [3.8, 4) is 11.5 Å². The number of fused-ring (bicyclic) bond motifs is 1. The molecule has 3 amide bonds. The number of carbonyl (C=O) groups excluding carboxylic acids is 3. The van der Waals surface area contributed by atoms with Crippen LogP contribution in [0.3, 0.4) is 0 Å². The Balaban J connectivity index is 1.78. The summed E-state index contributed by atoms with van der Waals surface area (Å²) in [6.07, 6.45) is 0. The Hall–Kier alpha value is -2.57. The first-order valence-corrected chi connectivity index (χ1v) is 6.45. The smallest absolute Gasteiger partial charge is 0.325 e. The standard InChI is InChI=1S/C14H14N2O5/c1-14(2)12(18)16(13(19)15-14)6-9(17)8-3-4-10-11(5-8)21-7-20-10/h3-5H,6-7H2,1-2H3,(H,15,19). The minimum absolute atomic E-state index is 0.119. The molecule has 1 N–H and O–H groups in total. The monoisotopic (exact) mass is 290 g/mol. The molecule has 0 aliphatic carbocycles. The minimum atomic E-state index is -0.980. The number of hydrogen-bond acceptors (Lipinski definition) is 5. The highest BCUT2D eigenvalue weighted by Gasteiger charge is 2.44. The van der Waals surface area contributed by atoms with E-state index in [4.69, 9.17) is 9.47 Å². The number of ketones is 1. The van der Waals surface area contributed by atoms with Gasteiger partial charge in [0.2, 0.25) is 6.79 Å². The fraction of sp³-hybridized carbons (Fsp3) is 0.357. The van der Waals surface area contributed by atoms with Crippen molar-refractivity contribution in [2.24, 2.45) is 0 Å². The van der Waals surface area contributed by atoms with E-state index in [1.807, 2.05) is 0 Å². The van der Waals surface area contributed by atoms with E-state index in [9.17, 15) is 14.4 Å². The third-order valence-electron chi connectivity index (χ3n) is 3.44. The van der Waals surface area contributed by atoms with Gasteiger partial charge in [-0.3, -0.25) is 14.5 Å². The highest BCUT2D eigenvalue weighted by molar-refractivity contribution is 6.10. The summed E-state index contributed by atoms with van der Waals surface area (Å²) in [5.41, 5.74) is -0.615. The van der Waals surface area contributed by atoms with Crippen LogP contribution in [0.25, 0.3) is 0 Å². The van der Waals surface area contributed by atoms with Crippen LogP contribution in [0.1, 0.15) is 24.2 Å². The number of urea groups is 1. The second-order valence-electron chi connectivity index (χ2n) is 5.44. The highest BCUT2D eigenvalue weighted by Crippen LogP contribution is 2.32. The molecule has 0 saturated carbocycles. The summed E-state index contributed by atoms with van der Waals surface area (Å²) in [7, 11) is 0. The van der Waals surface area contributed by atoms with Gasteiger partial charge in [-0.1, -0.05) is 0 Å². The summed E-state index contributed by atoms with van der Waals surface area (Å²) in [4.78, 5) is 36.9. The Morgan fingerprint density at radius 1 is 1.29 bits per heavy atom. The van der Waals surface area contributed by atoms with Gasteiger partial charge >= 0.3 is 6.03 Å². The lowest BCUT2D eigenvalue weighted by molar-refractivity contribution is -0.129. The molecule has 0 spiro atoms. The molecule has 1 aromatic rings. The van der Waals surface area contributed by atoms with Gasteiger partial charge in [-0.05, 0) is 32.0 Å². The van der Waals surface area contributed by atoms with Crippen molar-refractivity contribution in [3.05, 3.63) is 23.8 Å². The maximum Gasteiger partial charge on any atom is 0.325 e. The van der Waals surface area contributed by atoms with Crippen molar-refractivity contribution in [1.82, 2.24) is 10.2 Å². The van der Waals surface area contributed by atoms with Gasteiger partial charge in [-0.15, -0.1) is 0 Å². The fourth-order valence-electron chi connectivity index (χ4n) is 2.27. The highest BCUT2D eigenvalue weighted by atomic mass is 16.7. The van der Waals surface area contributed by atoms with E-state index in [1.165, 1.54) is 0 Å². The summed E-state index contributed by atoms with van der Waals surface area (Å²) >= 11 is 0. The van der Waals surface area contributed by atoms with Crippen LogP contribution in [-0.2, 0) is 4.79 Å². The third kappa shape index (κ3) is 2.20. The maximum atomic E-state index is 12.2. The van der Waals surface area contributed by atoms with Crippen molar-refractivity contribution in [2.45, 2.75) is 19.4 Å². The molecule has 1 fully saturated rings. The maximum absolute atomic E-state index is 12.2. The van der Waals surface area contributed by atoms with Gasteiger partial charge in [-0.25, -0.2) is 4.79 Å². The minimum Gasteiger partial charge on any atom is -0.454 e. The number of nitrogens with zero attached hydrogens (tertiary/aromatic N) is 1. The van der Waals surface area contributed by atoms with Gasteiger partial charge in [0, 0.05) is 5.56 Å². The van der Waals surface area contributed by atoms with Crippen LogP contribution < -0.4 is 14.8 Å². The lowest BCUT2D eigenvalue weighted by Crippen LogP contribution is -2.41. The zero-order valence-corrected chi connectivity index (χ0v) is 11.6. The summed E-state index contributed by atoms with van der Waals surface area (Å²) < 4.78 is 10.4. The van der Waals surface area contributed by atoms with Crippen LogP contribution in [0.5, 0.6) is 11.5 Å². The number of ether oxygens (including phenoxy) is 2. The molecule has 110 valence electrons. The second kappa shape index (κ2) is 4.47. The van der Waals surface area contributed by atoms with Crippen molar-refractivity contribution in [1.29, 1.82) is 0 Å². The molecule has 3 rings (SSSR count). The molecule has 2 heterocycles. The number of carbonyl (C=O) groups is 3.